The van der Waals surface area contributed by atoms with Crippen LogP contribution in [0.5, 0.6) is 17.2 Å². The van der Waals surface area contributed by atoms with E-state index in [1.807, 2.05) is 0 Å². The lowest BCUT2D eigenvalue weighted by Gasteiger charge is -2.26. The Balaban J connectivity index is 1.47. The van der Waals surface area contributed by atoms with E-state index in [9.17, 15) is 13.2 Å². The van der Waals surface area contributed by atoms with Crippen molar-refractivity contribution < 1.29 is 32.1 Å². The van der Waals surface area contributed by atoms with Crippen LogP contribution in [0.15, 0.2) is 42.7 Å². The van der Waals surface area contributed by atoms with Crippen LogP contribution in [0.3, 0.4) is 0 Å². The summed E-state index contributed by atoms with van der Waals surface area (Å²) in [5.74, 6) is 2.17. The second-order valence-corrected chi connectivity index (χ2v) is 9.55. The van der Waals surface area contributed by atoms with Gasteiger partial charge in [-0.3, -0.25) is 4.90 Å². The minimum atomic E-state index is -4.40. The lowest BCUT2D eigenvalue weighted by atomic mass is 10.1. The van der Waals surface area contributed by atoms with Gasteiger partial charge in [-0.05, 0) is 17.7 Å². The number of fused-ring (bicyclic) bond motifs is 1. The fourth-order valence-corrected chi connectivity index (χ4v) is 4.66. The number of rotatable bonds is 11. The third-order valence-corrected chi connectivity index (χ3v) is 6.84. The maximum atomic E-state index is 13.1. The highest BCUT2D eigenvalue weighted by molar-refractivity contribution is 5.87. The number of alkyl halides is 3. The van der Waals surface area contributed by atoms with Crippen molar-refractivity contribution in [1.82, 2.24) is 24.4 Å². The summed E-state index contributed by atoms with van der Waals surface area (Å²) in [5.41, 5.74) is 1.57. The molecule has 1 saturated heterocycles. The highest BCUT2D eigenvalue weighted by Crippen LogP contribution is 2.41. The number of ether oxygens (including phenoxy) is 4. The van der Waals surface area contributed by atoms with Crippen molar-refractivity contribution in [2.45, 2.75) is 12.7 Å². The summed E-state index contributed by atoms with van der Waals surface area (Å²) < 4.78 is 62.8. The molecule has 42 heavy (non-hydrogen) atoms. The molecule has 1 fully saturated rings. The number of anilines is 3. The summed E-state index contributed by atoms with van der Waals surface area (Å²) in [6, 6.07) is 8.54. The zero-order valence-electron chi connectivity index (χ0n) is 23.5. The smallest absolute Gasteiger partial charge is 0.416 e. The minimum absolute atomic E-state index is 0.266. The lowest BCUT2D eigenvalue weighted by molar-refractivity contribution is -0.137. The van der Waals surface area contributed by atoms with Crippen molar-refractivity contribution in [2.75, 3.05) is 71.4 Å². The van der Waals surface area contributed by atoms with E-state index in [1.54, 1.807) is 23.0 Å². The van der Waals surface area contributed by atoms with Gasteiger partial charge in [-0.15, -0.1) is 0 Å². The third-order valence-electron chi connectivity index (χ3n) is 6.84. The molecule has 0 unspecified atom stereocenters. The van der Waals surface area contributed by atoms with Gasteiger partial charge in [0.25, 0.3) is 0 Å². The van der Waals surface area contributed by atoms with E-state index in [4.69, 9.17) is 28.9 Å². The van der Waals surface area contributed by atoms with Gasteiger partial charge in [0.15, 0.2) is 28.5 Å². The van der Waals surface area contributed by atoms with E-state index >= 15 is 0 Å². The molecule has 14 heteroatoms. The van der Waals surface area contributed by atoms with Gasteiger partial charge in [0.05, 0.1) is 53.0 Å². The largest absolute Gasteiger partial charge is 0.493 e. The number of morpholine rings is 1. The topological polar surface area (TPSA) is 108 Å². The summed E-state index contributed by atoms with van der Waals surface area (Å²) in [6.07, 6.45) is -2.81. The summed E-state index contributed by atoms with van der Waals surface area (Å²) >= 11 is 0. The van der Waals surface area contributed by atoms with Gasteiger partial charge in [0.1, 0.15) is 0 Å². The van der Waals surface area contributed by atoms with Gasteiger partial charge >= 0.3 is 6.18 Å². The first-order chi connectivity index (χ1) is 20.3. The Bertz CT molecular complexity index is 1480. The monoisotopic (exact) mass is 587 g/mol. The van der Waals surface area contributed by atoms with Crippen molar-refractivity contribution in [1.29, 1.82) is 0 Å². The highest BCUT2D eigenvalue weighted by Gasteiger charge is 2.30. The van der Waals surface area contributed by atoms with E-state index in [-0.39, 0.29) is 6.54 Å². The van der Waals surface area contributed by atoms with Crippen molar-refractivity contribution in [3.8, 4) is 17.2 Å². The van der Waals surface area contributed by atoms with E-state index in [2.05, 4.69) is 20.5 Å². The molecule has 0 saturated carbocycles. The maximum absolute atomic E-state index is 13.1. The first-order valence-corrected chi connectivity index (χ1v) is 13.3. The van der Waals surface area contributed by atoms with Crippen LogP contribution in [0.4, 0.5) is 30.6 Å². The van der Waals surface area contributed by atoms with E-state index in [0.29, 0.717) is 71.2 Å². The van der Waals surface area contributed by atoms with Gasteiger partial charge in [-0.2, -0.15) is 23.1 Å². The van der Waals surface area contributed by atoms with E-state index in [1.165, 1.54) is 33.5 Å². The quantitative estimate of drug-likeness (QED) is 0.262. The molecule has 0 bridgehead atoms. The molecule has 3 heterocycles. The minimum Gasteiger partial charge on any atom is -0.493 e. The summed E-state index contributed by atoms with van der Waals surface area (Å²) in [4.78, 5) is 16.2. The fraction of sp³-hybridized carbons (Fsp3) is 0.393. The van der Waals surface area contributed by atoms with Crippen LogP contribution in [-0.2, 0) is 17.5 Å². The number of hydrogen-bond donors (Lipinski definition) is 2. The normalized spacial score (nSPS) is 14.1. The van der Waals surface area contributed by atoms with Gasteiger partial charge < -0.3 is 34.1 Å². The second-order valence-electron chi connectivity index (χ2n) is 9.55. The standard InChI is InChI=1S/C28H32F3N7O4/c1-39-21-14-20(15-22(40-2)24(21)41-3)34-25-23-26(36-27(35-25)32-8-9-37-10-12-42-13-11-37)38(17-33-23)16-18-4-6-19(7-5-18)28(29,30)31/h4-7,14-15,17H,8-13,16H2,1-3H3,(H2,32,34,35,36). The Morgan fingerprint density at radius 2 is 1.64 bits per heavy atom. The number of nitrogens with zero attached hydrogens (tertiary/aromatic N) is 5. The zero-order valence-corrected chi connectivity index (χ0v) is 23.5. The molecule has 0 radical (unpaired) electrons. The molecule has 0 amide bonds. The van der Waals surface area contributed by atoms with Crippen LogP contribution in [0, 0.1) is 0 Å². The molecule has 1 aliphatic rings. The number of benzene rings is 2. The van der Waals surface area contributed by atoms with Crippen LogP contribution in [0.2, 0.25) is 0 Å². The average Bonchev–Trinajstić information content (AvgIpc) is 3.39. The summed E-state index contributed by atoms with van der Waals surface area (Å²) in [7, 11) is 4.59. The third kappa shape index (κ3) is 6.60. The molecule has 2 aromatic heterocycles. The molecule has 0 aliphatic carbocycles. The van der Waals surface area contributed by atoms with E-state index < -0.39 is 11.7 Å². The summed E-state index contributed by atoms with van der Waals surface area (Å²) in [6.45, 7) is 4.77. The van der Waals surface area contributed by atoms with Crippen LogP contribution >= 0.6 is 0 Å². The van der Waals surface area contributed by atoms with E-state index in [0.717, 1.165) is 31.8 Å². The van der Waals surface area contributed by atoms with Gasteiger partial charge in [-0.1, -0.05) is 12.1 Å². The molecule has 2 aromatic carbocycles. The van der Waals surface area contributed by atoms with Crippen LogP contribution in [0.25, 0.3) is 11.2 Å². The molecule has 4 aromatic rings. The predicted octanol–water partition coefficient (Wildman–Crippen LogP) is 4.41. The molecule has 11 nitrogen and oxygen atoms in total. The fourth-order valence-electron chi connectivity index (χ4n) is 4.66. The Morgan fingerprint density at radius 3 is 2.26 bits per heavy atom. The summed E-state index contributed by atoms with van der Waals surface area (Å²) in [5, 5.41) is 6.59. The van der Waals surface area contributed by atoms with Crippen molar-refractivity contribution in [3.63, 3.8) is 0 Å². The van der Waals surface area contributed by atoms with Crippen LogP contribution < -0.4 is 24.8 Å². The number of halogens is 3. The molecule has 5 rings (SSSR count). The Morgan fingerprint density at radius 1 is 0.952 bits per heavy atom. The van der Waals surface area contributed by atoms with Crippen LogP contribution in [-0.4, -0.2) is 85.1 Å². The first kappa shape index (κ1) is 29.2. The number of methoxy groups -OCH3 is 3. The lowest BCUT2D eigenvalue weighted by Crippen LogP contribution is -2.39. The Hall–Kier alpha value is -4.30. The number of aromatic nitrogens is 4. The number of imidazole rings is 1. The maximum Gasteiger partial charge on any atom is 0.416 e. The molecule has 0 atom stereocenters. The van der Waals surface area contributed by atoms with Gasteiger partial charge in [0.2, 0.25) is 11.7 Å². The Labute approximate surface area is 240 Å². The average molecular weight is 588 g/mol. The van der Waals surface area contributed by atoms with Gasteiger partial charge in [-0.25, -0.2) is 4.98 Å². The molecular weight excluding hydrogens is 555 g/mol. The zero-order chi connectivity index (χ0) is 29.7. The van der Waals surface area contributed by atoms with Crippen LogP contribution in [0.1, 0.15) is 11.1 Å². The number of hydrogen-bond acceptors (Lipinski definition) is 10. The van der Waals surface area contributed by atoms with Crippen molar-refractivity contribution >= 4 is 28.6 Å². The predicted molar refractivity (Wildman–Crippen MR) is 151 cm³/mol. The highest BCUT2D eigenvalue weighted by atomic mass is 19.4. The number of nitrogens with one attached hydrogen (secondary N) is 2. The first-order valence-electron chi connectivity index (χ1n) is 13.3. The molecule has 0 spiro atoms. The second kappa shape index (κ2) is 12.7. The Kier molecular flexibility index (Phi) is 8.83. The molecule has 224 valence electrons. The van der Waals surface area contributed by atoms with Crippen molar-refractivity contribution in [3.05, 3.63) is 53.9 Å². The molecular formula is C28H32F3N7O4. The van der Waals surface area contributed by atoms with Crippen molar-refractivity contribution in [2.24, 2.45) is 0 Å². The molecule has 2 N–H and O–H groups in total. The van der Waals surface area contributed by atoms with Gasteiger partial charge in [0, 0.05) is 44.0 Å². The molecule has 1 aliphatic heterocycles. The SMILES string of the molecule is COc1cc(Nc2nc(NCCN3CCOCC3)nc3c2ncn3Cc2ccc(C(F)(F)F)cc2)cc(OC)c1OC.